The van der Waals surface area contributed by atoms with Gasteiger partial charge >= 0.3 is 0 Å². The average molecular weight is 200 g/mol. The summed E-state index contributed by atoms with van der Waals surface area (Å²) in [5.74, 6) is 0. The van der Waals surface area contributed by atoms with Crippen LogP contribution in [0.15, 0.2) is 0 Å². The molecule has 0 aromatic carbocycles. The van der Waals surface area contributed by atoms with E-state index in [9.17, 15) is 5.11 Å². The summed E-state index contributed by atoms with van der Waals surface area (Å²) in [6.07, 6.45) is 2.14. The number of aliphatic hydroxyl groups excluding tert-OH is 1. The second-order valence-corrected chi connectivity index (χ2v) is 5.41. The van der Waals surface area contributed by atoms with Crippen LogP contribution in [-0.4, -0.2) is 41.8 Å². The second kappa shape index (κ2) is 4.60. The summed E-state index contributed by atoms with van der Waals surface area (Å²) in [5, 5.41) is 9.54. The Balaban J connectivity index is 2.51. The smallest absolute Gasteiger partial charge is 0.0789 e. The molecule has 1 heterocycles. The van der Waals surface area contributed by atoms with E-state index in [4.69, 9.17) is 5.73 Å². The maximum Gasteiger partial charge on any atom is 0.0789 e. The van der Waals surface area contributed by atoms with Gasteiger partial charge in [0.2, 0.25) is 0 Å². The van der Waals surface area contributed by atoms with E-state index in [-0.39, 0.29) is 6.10 Å². The van der Waals surface area contributed by atoms with E-state index in [0.717, 1.165) is 13.1 Å². The molecule has 1 aliphatic rings. The van der Waals surface area contributed by atoms with Crippen LogP contribution >= 0.6 is 0 Å². The Labute approximate surface area is 87.3 Å². The lowest BCUT2D eigenvalue weighted by Gasteiger charge is -2.35. The number of nitrogens with two attached hydrogens (primary N) is 1. The fourth-order valence-electron chi connectivity index (χ4n) is 2.37. The fourth-order valence-corrected chi connectivity index (χ4v) is 2.37. The van der Waals surface area contributed by atoms with Crippen molar-refractivity contribution in [1.29, 1.82) is 0 Å². The lowest BCUT2D eigenvalue weighted by molar-refractivity contribution is 0.0750. The van der Waals surface area contributed by atoms with Crippen LogP contribution in [0, 0.1) is 5.41 Å². The van der Waals surface area contributed by atoms with E-state index in [1.54, 1.807) is 0 Å². The van der Waals surface area contributed by atoms with Gasteiger partial charge in [-0.1, -0.05) is 20.8 Å². The van der Waals surface area contributed by atoms with Crippen molar-refractivity contribution in [2.24, 2.45) is 11.1 Å². The first-order chi connectivity index (χ1) is 6.45. The predicted molar refractivity (Wildman–Crippen MR) is 59.1 cm³/mol. The Kier molecular flexibility index (Phi) is 3.93. The molecule has 84 valence electrons. The summed E-state index contributed by atoms with van der Waals surface area (Å²) in [6, 6.07) is 0.601. The lowest BCUT2D eigenvalue weighted by Crippen LogP contribution is -2.44. The Morgan fingerprint density at radius 2 is 2.14 bits per heavy atom. The molecule has 2 unspecified atom stereocenters. The Morgan fingerprint density at radius 1 is 1.50 bits per heavy atom. The number of hydrogen-bond donors (Lipinski definition) is 2. The molecule has 1 saturated heterocycles. The van der Waals surface area contributed by atoms with Crippen LogP contribution in [0.2, 0.25) is 0 Å². The molecule has 3 heteroatoms. The minimum absolute atomic E-state index is 0.310. The van der Waals surface area contributed by atoms with Crippen molar-refractivity contribution in [3.05, 3.63) is 0 Å². The molecule has 0 amide bonds. The third-order valence-electron chi connectivity index (χ3n) is 3.08. The molecule has 1 aliphatic heterocycles. The molecule has 0 radical (unpaired) electrons. The van der Waals surface area contributed by atoms with Crippen LogP contribution in [0.3, 0.4) is 0 Å². The van der Waals surface area contributed by atoms with Gasteiger partial charge in [-0.2, -0.15) is 0 Å². The van der Waals surface area contributed by atoms with Gasteiger partial charge in [0.1, 0.15) is 0 Å². The minimum atomic E-state index is -0.363. The first kappa shape index (κ1) is 12.0. The van der Waals surface area contributed by atoms with E-state index < -0.39 is 0 Å². The van der Waals surface area contributed by atoms with Gasteiger partial charge < -0.3 is 10.8 Å². The Morgan fingerprint density at radius 3 is 2.64 bits per heavy atom. The molecule has 3 nitrogen and oxygen atoms in total. The number of aliphatic hydroxyl groups is 1. The van der Waals surface area contributed by atoms with Crippen molar-refractivity contribution in [2.45, 2.75) is 45.8 Å². The van der Waals surface area contributed by atoms with Gasteiger partial charge in [-0.15, -0.1) is 0 Å². The van der Waals surface area contributed by atoms with Gasteiger partial charge in [0, 0.05) is 19.1 Å². The molecular weight excluding hydrogens is 176 g/mol. The fraction of sp³-hybridized carbons (Fsp3) is 1.00. The molecule has 14 heavy (non-hydrogen) atoms. The third kappa shape index (κ3) is 2.94. The van der Waals surface area contributed by atoms with Crippen molar-refractivity contribution in [3.8, 4) is 0 Å². The van der Waals surface area contributed by atoms with Gasteiger partial charge in [0.15, 0.2) is 0 Å². The molecule has 0 aliphatic carbocycles. The number of β-amino-alcohol motifs (C(OH)–C–C–N with tert-alkyl or cyclic N) is 1. The van der Waals surface area contributed by atoms with Gasteiger partial charge in [0.25, 0.3) is 0 Å². The van der Waals surface area contributed by atoms with Crippen LogP contribution in [0.1, 0.15) is 33.6 Å². The average Bonchev–Trinajstić information content (AvgIpc) is 2.51. The number of hydrogen-bond acceptors (Lipinski definition) is 3. The largest absolute Gasteiger partial charge is 0.390 e. The predicted octanol–water partition coefficient (Wildman–Crippen LogP) is 0.817. The summed E-state index contributed by atoms with van der Waals surface area (Å²) < 4.78 is 0. The lowest BCUT2D eigenvalue weighted by atomic mass is 9.85. The van der Waals surface area contributed by atoms with E-state index >= 15 is 0 Å². The number of rotatable bonds is 3. The third-order valence-corrected chi connectivity index (χ3v) is 3.08. The first-order valence-electron chi connectivity index (χ1n) is 5.57. The summed E-state index contributed by atoms with van der Waals surface area (Å²) in [5.41, 5.74) is 5.74. The molecule has 0 aromatic rings. The maximum absolute atomic E-state index is 9.54. The van der Waals surface area contributed by atoms with Crippen molar-refractivity contribution in [3.63, 3.8) is 0 Å². The van der Waals surface area contributed by atoms with Crippen molar-refractivity contribution < 1.29 is 5.11 Å². The quantitative estimate of drug-likeness (QED) is 0.709. The first-order valence-corrected chi connectivity index (χ1v) is 5.57. The zero-order valence-electron chi connectivity index (χ0n) is 9.66. The van der Waals surface area contributed by atoms with Crippen molar-refractivity contribution in [2.75, 3.05) is 19.6 Å². The van der Waals surface area contributed by atoms with Crippen LogP contribution < -0.4 is 5.73 Å². The molecule has 2 atom stereocenters. The van der Waals surface area contributed by atoms with Crippen molar-refractivity contribution in [1.82, 2.24) is 4.90 Å². The monoisotopic (exact) mass is 200 g/mol. The molecule has 0 aromatic heterocycles. The highest BCUT2D eigenvalue weighted by atomic mass is 16.3. The number of nitrogens with zero attached hydrogens (tertiary/aromatic N) is 1. The maximum atomic E-state index is 9.54. The van der Waals surface area contributed by atoms with Crippen LogP contribution in [0.25, 0.3) is 0 Å². The van der Waals surface area contributed by atoms with Crippen LogP contribution in [0.4, 0.5) is 0 Å². The summed E-state index contributed by atoms with van der Waals surface area (Å²) in [6.45, 7) is 9.02. The zero-order valence-corrected chi connectivity index (χ0v) is 9.66. The summed E-state index contributed by atoms with van der Waals surface area (Å²) >= 11 is 0. The van der Waals surface area contributed by atoms with Crippen LogP contribution in [-0.2, 0) is 0 Å². The summed E-state index contributed by atoms with van der Waals surface area (Å²) in [4.78, 5) is 2.39. The summed E-state index contributed by atoms with van der Waals surface area (Å²) in [7, 11) is 0. The number of likely N-dealkylation sites (tertiary alicyclic amines) is 1. The Hall–Kier alpha value is -0.120. The van der Waals surface area contributed by atoms with E-state index in [0.29, 0.717) is 18.0 Å². The SMILES string of the molecule is CC(C)(C)C1CCCN1CC(O)CN. The van der Waals surface area contributed by atoms with Gasteiger partial charge in [0.05, 0.1) is 6.10 Å². The highest BCUT2D eigenvalue weighted by Gasteiger charge is 2.34. The molecule has 1 fully saturated rings. The second-order valence-electron chi connectivity index (χ2n) is 5.41. The standard InChI is InChI=1S/C11H24N2O/c1-11(2,3)10-5-4-6-13(10)8-9(14)7-12/h9-10,14H,4-8,12H2,1-3H3. The highest BCUT2D eigenvalue weighted by molar-refractivity contribution is 4.89. The molecule has 0 bridgehead atoms. The van der Waals surface area contributed by atoms with E-state index in [1.165, 1.54) is 12.8 Å². The van der Waals surface area contributed by atoms with Crippen LogP contribution in [0.5, 0.6) is 0 Å². The molecule has 1 rings (SSSR count). The normalized spacial score (nSPS) is 26.8. The molecule has 0 saturated carbocycles. The van der Waals surface area contributed by atoms with E-state index in [1.807, 2.05) is 0 Å². The Bertz CT molecular complexity index is 177. The van der Waals surface area contributed by atoms with Gasteiger partial charge in [-0.05, 0) is 24.8 Å². The molecule has 3 N–H and O–H groups in total. The highest BCUT2D eigenvalue weighted by Crippen LogP contribution is 2.32. The van der Waals surface area contributed by atoms with Crippen molar-refractivity contribution >= 4 is 0 Å². The van der Waals surface area contributed by atoms with Gasteiger partial charge in [-0.3, -0.25) is 4.90 Å². The van der Waals surface area contributed by atoms with E-state index in [2.05, 4.69) is 25.7 Å². The topological polar surface area (TPSA) is 49.5 Å². The zero-order chi connectivity index (χ0) is 10.8. The molecular formula is C11H24N2O. The van der Waals surface area contributed by atoms with Gasteiger partial charge in [-0.25, -0.2) is 0 Å². The minimum Gasteiger partial charge on any atom is -0.390 e. The molecule has 0 spiro atoms.